The molecule has 0 aliphatic rings. The molecule has 0 aliphatic heterocycles. The summed E-state index contributed by atoms with van der Waals surface area (Å²) in [6.45, 7) is 9.18. The van der Waals surface area contributed by atoms with Gasteiger partial charge in [-0.05, 0) is 80.1 Å². The highest BCUT2D eigenvalue weighted by Gasteiger charge is 2.36. The van der Waals surface area contributed by atoms with Crippen LogP contribution in [0.1, 0.15) is 86.5 Å². The molecule has 0 saturated heterocycles. The van der Waals surface area contributed by atoms with Crippen molar-refractivity contribution in [3.63, 3.8) is 0 Å². The Morgan fingerprint density at radius 2 is 0.919 bits per heavy atom. The Balaban J connectivity index is 5.58. The van der Waals surface area contributed by atoms with Gasteiger partial charge in [-0.3, -0.25) is 28.8 Å². The summed E-state index contributed by atoms with van der Waals surface area (Å²) in [7, 11) is 2.56. The summed E-state index contributed by atoms with van der Waals surface area (Å²) in [6, 6.07) is 0. The third kappa shape index (κ3) is 12.3. The number of carbonyl (C=O) groups excluding carboxylic acids is 6. The van der Waals surface area contributed by atoms with Gasteiger partial charge >= 0.3 is 11.9 Å². The zero-order valence-electron chi connectivity index (χ0n) is 23.3. The molecular weight excluding hydrogens is 612 g/mol. The van der Waals surface area contributed by atoms with Gasteiger partial charge in [-0.15, -0.1) is 0 Å². The Morgan fingerprint density at radius 3 is 1.14 bits per heavy atom. The standard InChI is InChI=1S/C27H42Br2O8/c1-16(30)22(14-26(5,28)18(3)32)12-20(24(34)36-7)10-9-11-21(25(35)37-8)13-23(17(2)31)15-27(6,29)19(4)33/h20-23H,9-15H2,1-8H3. The van der Waals surface area contributed by atoms with Gasteiger partial charge in [-0.2, -0.15) is 0 Å². The van der Waals surface area contributed by atoms with Crippen LogP contribution >= 0.6 is 31.9 Å². The predicted octanol–water partition coefficient (Wildman–Crippen LogP) is 5.19. The van der Waals surface area contributed by atoms with Crippen LogP contribution in [0.3, 0.4) is 0 Å². The summed E-state index contributed by atoms with van der Waals surface area (Å²) >= 11 is 6.80. The molecule has 0 amide bonds. The second-order valence-electron chi connectivity index (χ2n) is 10.4. The maximum absolute atomic E-state index is 12.5. The van der Waals surface area contributed by atoms with Crippen LogP contribution in [0.15, 0.2) is 0 Å². The zero-order chi connectivity index (χ0) is 29.1. The van der Waals surface area contributed by atoms with Crippen LogP contribution in [-0.4, -0.2) is 57.9 Å². The second-order valence-corrected chi connectivity index (χ2v) is 13.9. The van der Waals surface area contributed by atoms with Gasteiger partial charge in [-0.25, -0.2) is 0 Å². The van der Waals surface area contributed by atoms with Crippen LogP contribution in [0.4, 0.5) is 0 Å². The van der Waals surface area contributed by atoms with Crippen LogP contribution in [0.2, 0.25) is 0 Å². The molecule has 6 unspecified atom stereocenters. The first-order valence-electron chi connectivity index (χ1n) is 12.5. The number of hydrogen-bond acceptors (Lipinski definition) is 8. The first-order valence-corrected chi connectivity index (χ1v) is 14.0. The molecule has 0 saturated carbocycles. The number of esters is 2. The van der Waals surface area contributed by atoms with Crippen LogP contribution in [-0.2, 0) is 38.2 Å². The van der Waals surface area contributed by atoms with E-state index in [4.69, 9.17) is 9.47 Å². The van der Waals surface area contributed by atoms with E-state index in [1.54, 1.807) is 13.8 Å². The van der Waals surface area contributed by atoms with Crippen molar-refractivity contribution in [2.24, 2.45) is 23.7 Å². The van der Waals surface area contributed by atoms with E-state index >= 15 is 0 Å². The number of halogens is 2. The average molecular weight is 654 g/mol. The molecule has 0 fully saturated rings. The molecule has 212 valence electrons. The Bertz CT molecular complexity index is 781. The van der Waals surface area contributed by atoms with Gasteiger partial charge in [0.1, 0.15) is 23.1 Å². The fraction of sp³-hybridized carbons (Fsp3) is 0.778. The number of ether oxygens (including phenoxy) is 2. The lowest BCUT2D eigenvalue weighted by molar-refractivity contribution is -0.146. The molecule has 0 aromatic carbocycles. The van der Waals surface area contributed by atoms with E-state index in [1.165, 1.54) is 41.9 Å². The zero-order valence-corrected chi connectivity index (χ0v) is 26.5. The van der Waals surface area contributed by atoms with Gasteiger partial charge in [0.15, 0.2) is 0 Å². The Labute approximate surface area is 237 Å². The first kappa shape index (κ1) is 35.6. The highest BCUT2D eigenvalue weighted by molar-refractivity contribution is 9.10. The summed E-state index contributed by atoms with van der Waals surface area (Å²) in [5.74, 6) is -3.65. The fourth-order valence-corrected chi connectivity index (χ4v) is 5.08. The summed E-state index contributed by atoms with van der Waals surface area (Å²) in [5.41, 5.74) is 0. The monoisotopic (exact) mass is 652 g/mol. The number of rotatable bonds is 18. The molecule has 0 rings (SSSR count). The molecule has 0 radical (unpaired) electrons. The average Bonchev–Trinajstić information content (AvgIpc) is 2.79. The number of hydrogen-bond donors (Lipinski definition) is 0. The van der Waals surface area contributed by atoms with Crippen molar-refractivity contribution in [2.45, 2.75) is 95.1 Å². The number of alkyl halides is 2. The topological polar surface area (TPSA) is 121 Å². The van der Waals surface area contributed by atoms with Gasteiger partial charge in [-0.1, -0.05) is 38.3 Å². The Hall–Kier alpha value is -1.42. The molecule has 0 heterocycles. The van der Waals surface area contributed by atoms with Crippen molar-refractivity contribution in [2.75, 3.05) is 14.2 Å². The maximum atomic E-state index is 12.5. The van der Waals surface area contributed by atoms with E-state index in [0.29, 0.717) is 19.3 Å². The Kier molecular flexibility index (Phi) is 15.3. The normalized spacial score (nSPS) is 17.8. The second kappa shape index (κ2) is 15.9. The highest BCUT2D eigenvalue weighted by Crippen LogP contribution is 2.35. The van der Waals surface area contributed by atoms with Crippen LogP contribution in [0.5, 0.6) is 0 Å². The summed E-state index contributed by atoms with van der Waals surface area (Å²) < 4.78 is 8.17. The number of Topliss-reactive ketones (excluding diaryl/α,β-unsaturated/α-hetero) is 4. The van der Waals surface area contributed by atoms with Gasteiger partial charge in [0.05, 0.1) is 34.7 Å². The van der Waals surface area contributed by atoms with Gasteiger partial charge in [0, 0.05) is 11.8 Å². The molecule has 0 aliphatic carbocycles. The van der Waals surface area contributed by atoms with Gasteiger partial charge in [0.25, 0.3) is 0 Å². The van der Waals surface area contributed by atoms with Crippen molar-refractivity contribution in [1.29, 1.82) is 0 Å². The lowest BCUT2D eigenvalue weighted by Gasteiger charge is -2.28. The summed E-state index contributed by atoms with van der Waals surface area (Å²) in [6.07, 6.45) is 2.10. The van der Waals surface area contributed by atoms with Gasteiger partial charge < -0.3 is 9.47 Å². The molecule has 0 aromatic rings. The SMILES string of the molecule is COC(=O)C(CCCC(CC(CC(C)(Br)C(C)=O)C(C)=O)C(=O)OC)CC(CC(C)(Br)C(C)=O)C(C)=O. The van der Waals surface area contributed by atoms with E-state index < -0.39 is 44.3 Å². The van der Waals surface area contributed by atoms with Crippen LogP contribution < -0.4 is 0 Å². The minimum Gasteiger partial charge on any atom is -0.469 e. The molecule has 6 atom stereocenters. The third-order valence-corrected chi connectivity index (χ3v) is 8.95. The van der Waals surface area contributed by atoms with E-state index in [1.807, 2.05) is 0 Å². The number of methoxy groups -OCH3 is 2. The minimum absolute atomic E-state index is 0.112. The van der Waals surface area contributed by atoms with Crippen molar-refractivity contribution >= 4 is 66.9 Å². The van der Waals surface area contributed by atoms with Crippen molar-refractivity contribution in [1.82, 2.24) is 0 Å². The van der Waals surface area contributed by atoms with Crippen LogP contribution in [0.25, 0.3) is 0 Å². The summed E-state index contributed by atoms with van der Waals surface area (Å²) in [5, 5.41) is 0. The molecule has 0 spiro atoms. The molecule has 37 heavy (non-hydrogen) atoms. The maximum Gasteiger partial charge on any atom is 0.308 e. The van der Waals surface area contributed by atoms with Crippen molar-refractivity contribution < 1.29 is 38.2 Å². The van der Waals surface area contributed by atoms with Crippen molar-refractivity contribution in [3.8, 4) is 0 Å². The predicted molar refractivity (Wildman–Crippen MR) is 148 cm³/mol. The molecule has 10 heteroatoms. The van der Waals surface area contributed by atoms with Crippen LogP contribution in [0, 0.1) is 23.7 Å². The lowest BCUT2D eigenvalue weighted by Crippen LogP contribution is -2.33. The quantitative estimate of drug-likeness (QED) is 0.146. The smallest absolute Gasteiger partial charge is 0.308 e. The lowest BCUT2D eigenvalue weighted by atomic mass is 9.80. The van der Waals surface area contributed by atoms with Crippen molar-refractivity contribution in [3.05, 3.63) is 0 Å². The fourth-order valence-electron chi connectivity index (χ4n) is 4.29. The molecule has 0 aromatic heterocycles. The first-order chi connectivity index (χ1) is 16.9. The van der Waals surface area contributed by atoms with E-state index in [0.717, 1.165) is 0 Å². The Morgan fingerprint density at radius 1 is 0.622 bits per heavy atom. The molecule has 0 bridgehead atoms. The third-order valence-electron chi connectivity index (χ3n) is 7.19. The summed E-state index contributed by atoms with van der Waals surface area (Å²) in [4.78, 5) is 73.7. The van der Waals surface area contributed by atoms with E-state index in [9.17, 15) is 28.8 Å². The molecule has 8 nitrogen and oxygen atoms in total. The van der Waals surface area contributed by atoms with E-state index in [2.05, 4.69) is 31.9 Å². The highest BCUT2D eigenvalue weighted by atomic mass is 79.9. The van der Waals surface area contributed by atoms with Gasteiger partial charge in [0.2, 0.25) is 0 Å². The van der Waals surface area contributed by atoms with E-state index in [-0.39, 0.29) is 48.8 Å². The number of ketones is 4. The largest absolute Gasteiger partial charge is 0.469 e. The minimum atomic E-state index is -0.883. The number of carbonyl (C=O) groups is 6. The molecule has 0 N–H and O–H groups in total. The molecular formula is C27H42Br2O8.